The van der Waals surface area contributed by atoms with E-state index in [4.69, 9.17) is 28.6 Å². The molecule has 0 aliphatic rings. The van der Waals surface area contributed by atoms with Gasteiger partial charge in [0.1, 0.15) is 5.75 Å². The summed E-state index contributed by atoms with van der Waals surface area (Å²) in [6, 6.07) is 13.5. The Kier molecular flexibility index (Phi) is 6.72. The Morgan fingerprint density at radius 1 is 1.29 bits per heavy atom. The molecule has 0 atom stereocenters. The summed E-state index contributed by atoms with van der Waals surface area (Å²) in [5.41, 5.74) is 3.89. The van der Waals surface area contributed by atoms with Gasteiger partial charge < -0.3 is 10.1 Å². The van der Waals surface area contributed by atoms with E-state index in [1.165, 1.54) is 0 Å². The number of hydrogen-bond donors (Lipinski definition) is 2. The molecule has 0 spiro atoms. The molecular formula is C17H16ClN3O2S. The topological polar surface area (TPSA) is 62.7 Å². The third-order valence-electron chi connectivity index (χ3n) is 2.87. The highest BCUT2D eigenvalue weighted by Crippen LogP contribution is 2.16. The van der Waals surface area contributed by atoms with Crippen LogP contribution in [0.4, 0.5) is 0 Å². The van der Waals surface area contributed by atoms with E-state index in [0.717, 1.165) is 12.1 Å². The van der Waals surface area contributed by atoms with Crippen molar-refractivity contribution in [1.82, 2.24) is 10.7 Å². The lowest BCUT2D eigenvalue weighted by Gasteiger charge is -2.05. The van der Waals surface area contributed by atoms with Gasteiger partial charge in [0.25, 0.3) is 0 Å². The molecule has 0 radical (unpaired) electrons. The Morgan fingerprint density at radius 2 is 2.04 bits per heavy atom. The first-order valence-electron chi connectivity index (χ1n) is 7.23. The average molecular weight is 362 g/mol. The van der Waals surface area contributed by atoms with Crippen molar-refractivity contribution in [2.75, 3.05) is 6.54 Å². The molecule has 0 amide bonds. The van der Waals surface area contributed by atoms with Crippen LogP contribution in [0.1, 0.15) is 22.8 Å². The molecule has 0 aromatic heterocycles. The van der Waals surface area contributed by atoms with Crippen molar-refractivity contribution in [3.63, 3.8) is 0 Å². The Balaban J connectivity index is 1.99. The molecule has 0 unspecified atom stereocenters. The first kappa shape index (κ1) is 17.9. The number of thiocarbonyl (C=S) groups is 1. The van der Waals surface area contributed by atoms with Crippen molar-refractivity contribution in [3.8, 4) is 5.75 Å². The lowest BCUT2D eigenvalue weighted by Crippen LogP contribution is -2.31. The summed E-state index contributed by atoms with van der Waals surface area (Å²) in [4.78, 5) is 12.1. The van der Waals surface area contributed by atoms with E-state index in [1.54, 1.807) is 48.7 Å². The van der Waals surface area contributed by atoms with Gasteiger partial charge in [-0.15, -0.1) is 0 Å². The minimum Gasteiger partial charge on any atom is -0.423 e. The van der Waals surface area contributed by atoms with Crippen molar-refractivity contribution in [2.45, 2.75) is 6.92 Å². The summed E-state index contributed by atoms with van der Waals surface area (Å²) in [5, 5.41) is 7.94. The van der Waals surface area contributed by atoms with E-state index in [1.807, 2.05) is 13.0 Å². The van der Waals surface area contributed by atoms with Crippen molar-refractivity contribution in [3.05, 3.63) is 64.7 Å². The van der Waals surface area contributed by atoms with Crippen LogP contribution in [0.2, 0.25) is 5.02 Å². The number of hydrogen-bond acceptors (Lipinski definition) is 4. The molecule has 0 aliphatic carbocycles. The van der Waals surface area contributed by atoms with Gasteiger partial charge in [0.15, 0.2) is 5.11 Å². The molecule has 5 nitrogen and oxygen atoms in total. The molecule has 2 N–H and O–H groups in total. The van der Waals surface area contributed by atoms with Crippen LogP contribution in [0.5, 0.6) is 5.75 Å². The summed E-state index contributed by atoms with van der Waals surface area (Å²) < 4.78 is 5.34. The zero-order valence-electron chi connectivity index (χ0n) is 13.0. The van der Waals surface area contributed by atoms with E-state index < -0.39 is 5.97 Å². The maximum absolute atomic E-state index is 12.1. The van der Waals surface area contributed by atoms with E-state index in [9.17, 15) is 4.79 Å². The maximum Gasteiger partial charge on any atom is 0.343 e. The van der Waals surface area contributed by atoms with Crippen LogP contribution in [-0.4, -0.2) is 23.8 Å². The number of rotatable bonds is 5. The smallest absolute Gasteiger partial charge is 0.343 e. The van der Waals surface area contributed by atoms with Crippen LogP contribution in [0.25, 0.3) is 0 Å². The van der Waals surface area contributed by atoms with Crippen LogP contribution in [0.3, 0.4) is 0 Å². The SMILES string of the molecule is CCNC(=S)NN=Cc1cccc(OC(=O)c2ccc(Cl)cc2)c1. The molecule has 124 valence electrons. The fourth-order valence-corrected chi connectivity index (χ4v) is 2.10. The van der Waals surface area contributed by atoms with Gasteiger partial charge in [-0.3, -0.25) is 5.43 Å². The van der Waals surface area contributed by atoms with Gasteiger partial charge in [-0.1, -0.05) is 23.7 Å². The minimum atomic E-state index is -0.452. The Labute approximate surface area is 150 Å². The molecule has 2 aromatic carbocycles. The molecule has 2 rings (SSSR count). The summed E-state index contributed by atoms with van der Waals surface area (Å²) in [6.07, 6.45) is 1.59. The molecule has 0 aliphatic heterocycles. The van der Waals surface area contributed by atoms with Crippen molar-refractivity contribution in [1.29, 1.82) is 0 Å². The molecule has 0 bridgehead atoms. The largest absolute Gasteiger partial charge is 0.423 e. The van der Waals surface area contributed by atoms with Crippen LogP contribution in [0.15, 0.2) is 53.6 Å². The van der Waals surface area contributed by atoms with Crippen LogP contribution in [0, 0.1) is 0 Å². The van der Waals surface area contributed by atoms with Gasteiger partial charge in [-0.25, -0.2) is 4.79 Å². The van der Waals surface area contributed by atoms with Gasteiger partial charge in [-0.05, 0) is 61.1 Å². The molecule has 0 saturated heterocycles. The van der Waals surface area contributed by atoms with Crippen molar-refractivity contribution in [2.24, 2.45) is 5.10 Å². The van der Waals surface area contributed by atoms with Gasteiger partial charge >= 0.3 is 5.97 Å². The quantitative estimate of drug-likeness (QED) is 0.281. The predicted molar refractivity (Wildman–Crippen MR) is 99.9 cm³/mol. The molecule has 0 heterocycles. The number of benzene rings is 2. The van der Waals surface area contributed by atoms with Gasteiger partial charge in [-0.2, -0.15) is 5.10 Å². The van der Waals surface area contributed by atoms with Gasteiger partial charge in [0.05, 0.1) is 11.8 Å². The molecule has 24 heavy (non-hydrogen) atoms. The Hall–Kier alpha value is -2.44. The van der Waals surface area contributed by atoms with E-state index in [2.05, 4.69) is 15.8 Å². The zero-order chi connectivity index (χ0) is 17.4. The summed E-state index contributed by atoms with van der Waals surface area (Å²) >= 11 is 10.8. The number of halogens is 1. The van der Waals surface area contributed by atoms with Crippen LogP contribution < -0.4 is 15.5 Å². The number of nitrogens with one attached hydrogen (secondary N) is 2. The van der Waals surface area contributed by atoms with Gasteiger partial charge in [0.2, 0.25) is 0 Å². The molecule has 7 heteroatoms. The van der Waals surface area contributed by atoms with E-state index in [0.29, 0.717) is 21.4 Å². The summed E-state index contributed by atoms with van der Waals surface area (Å²) in [7, 11) is 0. The number of carbonyl (C=O) groups is 1. The fourth-order valence-electron chi connectivity index (χ4n) is 1.78. The van der Waals surface area contributed by atoms with Crippen LogP contribution in [-0.2, 0) is 0 Å². The molecule has 0 fully saturated rings. The van der Waals surface area contributed by atoms with Gasteiger partial charge in [0, 0.05) is 11.6 Å². The molecule has 2 aromatic rings. The Morgan fingerprint density at radius 3 is 2.75 bits per heavy atom. The molecular weight excluding hydrogens is 346 g/mol. The Bertz CT molecular complexity index is 748. The number of carbonyl (C=O) groups excluding carboxylic acids is 1. The zero-order valence-corrected chi connectivity index (χ0v) is 14.5. The fraction of sp³-hybridized carbons (Fsp3) is 0.118. The first-order chi connectivity index (χ1) is 11.6. The third kappa shape index (κ3) is 5.64. The standard InChI is InChI=1S/C17H16ClN3O2S/c1-2-19-17(24)21-20-11-12-4-3-5-15(10-12)23-16(22)13-6-8-14(18)9-7-13/h3-11H,2H2,1H3,(H2,19,21,24). The summed E-state index contributed by atoms with van der Waals surface area (Å²) in [5.74, 6) is -0.0274. The third-order valence-corrected chi connectivity index (χ3v) is 3.35. The highest BCUT2D eigenvalue weighted by atomic mass is 35.5. The summed E-state index contributed by atoms with van der Waals surface area (Å²) in [6.45, 7) is 2.66. The highest BCUT2D eigenvalue weighted by Gasteiger charge is 2.08. The lowest BCUT2D eigenvalue weighted by molar-refractivity contribution is 0.0735. The number of hydrazone groups is 1. The maximum atomic E-state index is 12.1. The lowest BCUT2D eigenvalue weighted by atomic mass is 10.2. The second kappa shape index (κ2) is 9.00. The van der Waals surface area contributed by atoms with Crippen LogP contribution >= 0.6 is 23.8 Å². The van der Waals surface area contributed by atoms with E-state index >= 15 is 0 Å². The number of nitrogens with zero attached hydrogens (tertiary/aromatic N) is 1. The highest BCUT2D eigenvalue weighted by molar-refractivity contribution is 7.80. The first-order valence-corrected chi connectivity index (χ1v) is 8.02. The monoisotopic (exact) mass is 361 g/mol. The number of esters is 1. The van der Waals surface area contributed by atoms with Crippen molar-refractivity contribution < 1.29 is 9.53 Å². The van der Waals surface area contributed by atoms with E-state index in [-0.39, 0.29) is 0 Å². The normalized spacial score (nSPS) is 10.4. The predicted octanol–water partition coefficient (Wildman–Crippen LogP) is 3.38. The molecule has 0 saturated carbocycles. The second-order valence-electron chi connectivity index (χ2n) is 4.70. The number of ether oxygens (including phenoxy) is 1. The minimum absolute atomic E-state index is 0.424. The second-order valence-corrected chi connectivity index (χ2v) is 5.54. The van der Waals surface area contributed by atoms with Crippen molar-refractivity contribution >= 4 is 41.1 Å². The average Bonchev–Trinajstić information content (AvgIpc) is 2.56.